The SMILES string of the molecule is CC(C)C[C@@H](NC(=O)c1ccc(Cl)cc1)C(=O)OCc1c(F)cccc1Cl. The molecule has 0 heterocycles. The van der Waals surface area contributed by atoms with Gasteiger partial charge in [-0.25, -0.2) is 9.18 Å². The summed E-state index contributed by atoms with van der Waals surface area (Å²) < 4.78 is 19.0. The normalized spacial score (nSPS) is 11.9. The first-order valence-corrected chi connectivity index (χ1v) is 9.19. The molecule has 27 heavy (non-hydrogen) atoms. The van der Waals surface area contributed by atoms with E-state index in [0.29, 0.717) is 17.0 Å². The molecule has 0 radical (unpaired) electrons. The number of benzene rings is 2. The van der Waals surface area contributed by atoms with Crippen LogP contribution in [0.3, 0.4) is 0 Å². The van der Waals surface area contributed by atoms with E-state index in [1.165, 1.54) is 18.2 Å². The first-order chi connectivity index (χ1) is 12.8. The molecule has 7 heteroatoms. The number of hydrogen-bond acceptors (Lipinski definition) is 3. The standard InChI is InChI=1S/C20H20Cl2FNO3/c1-12(2)10-18(24-19(25)13-6-8-14(21)9-7-13)20(26)27-11-15-16(22)4-3-5-17(15)23/h3-9,12,18H,10-11H2,1-2H3,(H,24,25)/t18-/m1/s1. The van der Waals surface area contributed by atoms with Crippen molar-refractivity contribution in [3.8, 4) is 0 Å². The minimum Gasteiger partial charge on any atom is -0.459 e. The highest BCUT2D eigenvalue weighted by Crippen LogP contribution is 2.20. The summed E-state index contributed by atoms with van der Waals surface area (Å²) >= 11 is 11.8. The van der Waals surface area contributed by atoms with Crippen molar-refractivity contribution in [1.82, 2.24) is 5.32 Å². The van der Waals surface area contributed by atoms with Crippen LogP contribution in [0.15, 0.2) is 42.5 Å². The minimum absolute atomic E-state index is 0.0971. The van der Waals surface area contributed by atoms with Gasteiger partial charge >= 0.3 is 5.97 Å². The molecule has 1 N–H and O–H groups in total. The first-order valence-electron chi connectivity index (χ1n) is 8.44. The van der Waals surface area contributed by atoms with E-state index in [4.69, 9.17) is 27.9 Å². The largest absolute Gasteiger partial charge is 0.459 e. The molecule has 0 spiro atoms. The van der Waals surface area contributed by atoms with Gasteiger partial charge in [-0.1, -0.05) is 43.1 Å². The number of esters is 1. The molecule has 2 rings (SSSR count). The molecular formula is C20H20Cl2FNO3. The van der Waals surface area contributed by atoms with Crippen molar-refractivity contribution in [2.45, 2.75) is 32.9 Å². The maximum Gasteiger partial charge on any atom is 0.328 e. The van der Waals surface area contributed by atoms with Crippen LogP contribution in [0.4, 0.5) is 4.39 Å². The number of hydrogen-bond donors (Lipinski definition) is 1. The van der Waals surface area contributed by atoms with Gasteiger partial charge in [0.1, 0.15) is 18.5 Å². The average Bonchev–Trinajstić information content (AvgIpc) is 2.60. The summed E-state index contributed by atoms with van der Waals surface area (Å²) in [6, 6.07) is 9.67. The van der Waals surface area contributed by atoms with E-state index in [9.17, 15) is 14.0 Å². The van der Waals surface area contributed by atoms with Gasteiger partial charge in [0, 0.05) is 16.1 Å². The predicted octanol–water partition coefficient (Wildman–Crippen LogP) is 5.02. The second-order valence-electron chi connectivity index (χ2n) is 6.47. The molecule has 0 saturated heterocycles. The molecular weight excluding hydrogens is 392 g/mol. The molecule has 1 atom stereocenters. The summed E-state index contributed by atoms with van der Waals surface area (Å²) in [4.78, 5) is 24.9. The van der Waals surface area contributed by atoms with E-state index >= 15 is 0 Å². The third-order valence-electron chi connectivity index (χ3n) is 3.82. The molecule has 4 nitrogen and oxygen atoms in total. The summed E-state index contributed by atoms with van der Waals surface area (Å²) in [5, 5.41) is 3.35. The highest BCUT2D eigenvalue weighted by atomic mass is 35.5. The Labute approximate surface area is 167 Å². The zero-order valence-electron chi connectivity index (χ0n) is 15.0. The third-order valence-corrected chi connectivity index (χ3v) is 4.43. The lowest BCUT2D eigenvalue weighted by Crippen LogP contribution is -2.42. The fourth-order valence-corrected chi connectivity index (χ4v) is 2.79. The van der Waals surface area contributed by atoms with Crippen molar-refractivity contribution in [3.05, 3.63) is 69.5 Å². The highest BCUT2D eigenvalue weighted by molar-refractivity contribution is 6.31. The Morgan fingerprint density at radius 2 is 1.78 bits per heavy atom. The van der Waals surface area contributed by atoms with Gasteiger partial charge in [-0.05, 0) is 48.7 Å². The molecule has 0 fully saturated rings. The first kappa shape index (κ1) is 21.2. The molecule has 0 unspecified atom stereocenters. The lowest BCUT2D eigenvalue weighted by atomic mass is 10.0. The third kappa shape index (κ3) is 6.22. The van der Waals surface area contributed by atoms with Gasteiger partial charge in [-0.15, -0.1) is 0 Å². The van der Waals surface area contributed by atoms with E-state index in [1.807, 2.05) is 13.8 Å². The molecule has 0 aliphatic heterocycles. The number of ether oxygens (including phenoxy) is 1. The van der Waals surface area contributed by atoms with E-state index in [1.54, 1.807) is 24.3 Å². The monoisotopic (exact) mass is 411 g/mol. The van der Waals surface area contributed by atoms with Crippen LogP contribution < -0.4 is 5.32 Å². The van der Waals surface area contributed by atoms with Crippen LogP contribution in [-0.2, 0) is 16.1 Å². The van der Waals surface area contributed by atoms with Gasteiger partial charge in [0.25, 0.3) is 5.91 Å². The maximum atomic E-state index is 13.8. The van der Waals surface area contributed by atoms with Crippen LogP contribution in [0.25, 0.3) is 0 Å². The van der Waals surface area contributed by atoms with E-state index in [0.717, 1.165) is 0 Å². The molecule has 2 aromatic carbocycles. The summed E-state index contributed by atoms with van der Waals surface area (Å²) in [5.74, 6) is -1.49. The minimum atomic E-state index is -0.862. The van der Waals surface area contributed by atoms with Crippen molar-refractivity contribution in [3.63, 3.8) is 0 Å². The zero-order chi connectivity index (χ0) is 20.0. The molecule has 144 valence electrons. The summed E-state index contributed by atoms with van der Waals surface area (Å²) in [5.41, 5.74) is 0.470. The fourth-order valence-electron chi connectivity index (χ4n) is 2.44. The lowest BCUT2D eigenvalue weighted by Gasteiger charge is -2.20. The van der Waals surface area contributed by atoms with Crippen LogP contribution in [0, 0.1) is 11.7 Å². The lowest BCUT2D eigenvalue weighted by molar-refractivity contribution is -0.147. The van der Waals surface area contributed by atoms with Crippen LogP contribution in [0.5, 0.6) is 0 Å². The van der Waals surface area contributed by atoms with Gasteiger partial charge in [0.2, 0.25) is 0 Å². The number of nitrogens with one attached hydrogen (secondary N) is 1. The van der Waals surface area contributed by atoms with Gasteiger partial charge in [-0.3, -0.25) is 4.79 Å². The smallest absolute Gasteiger partial charge is 0.328 e. The Morgan fingerprint density at radius 1 is 1.11 bits per heavy atom. The quantitative estimate of drug-likeness (QED) is 0.650. The maximum absolute atomic E-state index is 13.8. The van der Waals surface area contributed by atoms with Crippen molar-refractivity contribution >= 4 is 35.1 Å². The number of halogens is 3. The number of rotatable bonds is 7. The van der Waals surface area contributed by atoms with Gasteiger partial charge in [0.15, 0.2) is 0 Å². The molecule has 0 aromatic heterocycles. The van der Waals surface area contributed by atoms with Crippen LogP contribution in [-0.4, -0.2) is 17.9 Å². The second-order valence-corrected chi connectivity index (χ2v) is 7.31. The van der Waals surface area contributed by atoms with Crippen LogP contribution >= 0.6 is 23.2 Å². The molecule has 1 amide bonds. The van der Waals surface area contributed by atoms with E-state index in [-0.39, 0.29) is 23.1 Å². The Morgan fingerprint density at radius 3 is 2.37 bits per heavy atom. The Bertz CT molecular complexity index is 789. The Kier molecular flexibility index (Phi) is 7.63. The molecule has 0 aliphatic rings. The van der Waals surface area contributed by atoms with Crippen molar-refractivity contribution < 1.29 is 18.7 Å². The molecule has 2 aromatic rings. The van der Waals surface area contributed by atoms with E-state index < -0.39 is 23.7 Å². The van der Waals surface area contributed by atoms with Crippen molar-refractivity contribution in [2.75, 3.05) is 0 Å². The molecule has 0 aliphatic carbocycles. The number of amides is 1. The van der Waals surface area contributed by atoms with E-state index in [2.05, 4.69) is 5.32 Å². The van der Waals surface area contributed by atoms with Crippen molar-refractivity contribution in [1.29, 1.82) is 0 Å². The fraction of sp³-hybridized carbons (Fsp3) is 0.300. The van der Waals surface area contributed by atoms with Crippen molar-refractivity contribution in [2.24, 2.45) is 5.92 Å². The topological polar surface area (TPSA) is 55.4 Å². The summed E-state index contributed by atoms with van der Waals surface area (Å²) in [7, 11) is 0. The average molecular weight is 412 g/mol. The summed E-state index contributed by atoms with van der Waals surface area (Å²) in [6.07, 6.45) is 0.378. The van der Waals surface area contributed by atoms with Gasteiger partial charge in [-0.2, -0.15) is 0 Å². The van der Waals surface area contributed by atoms with Gasteiger partial charge < -0.3 is 10.1 Å². The zero-order valence-corrected chi connectivity index (χ0v) is 16.5. The summed E-state index contributed by atoms with van der Waals surface area (Å²) in [6.45, 7) is 3.53. The predicted molar refractivity (Wildman–Crippen MR) is 103 cm³/mol. The Hall–Kier alpha value is -2.11. The van der Waals surface area contributed by atoms with Crippen LogP contribution in [0.2, 0.25) is 10.0 Å². The molecule has 0 saturated carbocycles. The Balaban J connectivity index is 2.07. The second kappa shape index (κ2) is 9.72. The number of carbonyl (C=O) groups is 2. The van der Waals surface area contributed by atoms with Gasteiger partial charge in [0.05, 0.1) is 5.02 Å². The number of carbonyl (C=O) groups excluding carboxylic acids is 2. The molecule has 0 bridgehead atoms. The highest BCUT2D eigenvalue weighted by Gasteiger charge is 2.24. The van der Waals surface area contributed by atoms with Crippen LogP contribution in [0.1, 0.15) is 36.2 Å².